The molecule has 1 aliphatic heterocycles. The highest BCUT2D eigenvalue weighted by atomic mass is 32.2. The third-order valence-corrected chi connectivity index (χ3v) is 6.57. The minimum Gasteiger partial charge on any atom is -0.497 e. The summed E-state index contributed by atoms with van der Waals surface area (Å²) in [6.07, 6.45) is 1.08. The number of benzene rings is 2. The molecule has 0 unspecified atom stereocenters. The van der Waals surface area contributed by atoms with E-state index in [2.05, 4.69) is 10.0 Å². The van der Waals surface area contributed by atoms with Crippen molar-refractivity contribution in [2.24, 2.45) is 0 Å². The van der Waals surface area contributed by atoms with Gasteiger partial charge in [0, 0.05) is 43.0 Å². The maximum absolute atomic E-state index is 12.6. The molecule has 1 heterocycles. The molecule has 2 amide bonds. The van der Waals surface area contributed by atoms with Crippen molar-refractivity contribution in [1.82, 2.24) is 9.62 Å². The van der Waals surface area contributed by atoms with Gasteiger partial charge in [0.25, 0.3) is 0 Å². The Balaban J connectivity index is 1.56. The van der Waals surface area contributed by atoms with E-state index in [1.807, 2.05) is 6.92 Å². The number of rotatable bonds is 6. The lowest BCUT2D eigenvalue weighted by Crippen LogP contribution is -2.47. The Labute approximate surface area is 177 Å². The topological polar surface area (TPSA) is 97.0 Å². The number of likely N-dealkylation sites (tertiary alicyclic amines) is 1. The standard InChI is InChI=1S/C21H27N3O5S/c1-15-4-6-20(7-5-15)30(26,27)23-16-8-10-24(11-9-16)21(25)22-17-12-18(28-2)14-19(13-17)29-3/h4-7,12-14,16,23H,8-11H2,1-3H3,(H,22,25). The van der Waals surface area contributed by atoms with Gasteiger partial charge in [-0.15, -0.1) is 0 Å². The maximum Gasteiger partial charge on any atom is 0.321 e. The van der Waals surface area contributed by atoms with Crippen LogP contribution in [0.3, 0.4) is 0 Å². The molecule has 2 aromatic rings. The quantitative estimate of drug-likeness (QED) is 0.730. The smallest absolute Gasteiger partial charge is 0.321 e. The SMILES string of the molecule is COc1cc(NC(=O)N2CCC(NS(=O)(=O)c3ccc(C)cc3)CC2)cc(OC)c1. The first-order valence-electron chi connectivity index (χ1n) is 9.69. The third-order valence-electron chi connectivity index (χ3n) is 5.04. The number of carbonyl (C=O) groups excluding carboxylic acids is 1. The molecule has 0 saturated carbocycles. The van der Waals surface area contributed by atoms with Crippen molar-refractivity contribution < 1.29 is 22.7 Å². The third kappa shape index (κ3) is 5.43. The average molecular weight is 434 g/mol. The molecule has 0 aromatic heterocycles. The number of ether oxygens (including phenoxy) is 2. The normalized spacial score (nSPS) is 15.0. The van der Waals surface area contributed by atoms with Crippen LogP contribution in [0.15, 0.2) is 47.4 Å². The molecule has 0 spiro atoms. The fourth-order valence-corrected chi connectivity index (χ4v) is 4.59. The number of hydrogen-bond acceptors (Lipinski definition) is 5. The summed E-state index contributed by atoms with van der Waals surface area (Å²) in [5.74, 6) is 1.16. The number of sulfonamides is 1. The van der Waals surface area contributed by atoms with Gasteiger partial charge in [-0.3, -0.25) is 0 Å². The molecular formula is C21H27N3O5S. The van der Waals surface area contributed by atoms with Gasteiger partial charge in [0.1, 0.15) is 11.5 Å². The van der Waals surface area contributed by atoms with Gasteiger partial charge < -0.3 is 19.7 Å². The van der Waals surface area contributed by atoms with Crippen molar-refractivity contribution in [2.75, 3.05) is 32.6 Å². The number of urea groups is 1. The number of nitrogens with zero attached hydrogens (tertiary/aromatic N) is 1. The lowest BCUT2D eigenvalue weighted by atomic mass is 10.1. The highest BCUT2D eigenvalue weighted by Gasteiger charge is 2.27. The van der Waals surface area contributed by atoms with Crippen LogP contribution in [-0.2, 0) is 10.0 Å². The molecule has 0 aliphatic carbocycles. The van der Waals surface area contributed by atoms with E-state index in [0.717, 1.165) is 5.56 Å². The summed E-state index contributed by atoms with van der Waals surface area (Å²) in [6, 6.07) is 11.4. The lowest BCUT2D eigenvalue weighted by molar-refractivity contribution is 0.193. The van der Waals surface area contributed by atoms with Gasteiger partial charge in [0.05, 0.1) is 19.1 Å². The lowest BCUT2D eigenvalue weighted by Gasteiger charge is -2.32. The van der Waals surface area contributed by atoms with Crippen LogP contribution in [0.1, 0.15) is 18.4 Å². The van der Waals surface area contributed by atoms with Crippen LogP contribution < -0.4 is 19.5 Å². The second-order valence-electron chi connectivity index (χ2n) is 7.23. The molecule has 3 rings (SSSR count). The van der Waals surface area contributed by atoms with Crippen LogP contribution in [0.2, 0.25) is 0 Å². The monoisotopic (exact) mass is 433 g/mol. The van der Waals surface area contributed by atoms with Gasteiger partial charge in [0.2, 0.25) is 10.0 Å². The largest absolute Gasteiger partial charge is 0.497 e. The summed E-state index contributed by atoms with van der Waals surface area (Å²) in [5, 5.41) is 2.84. The first-order chi connectivity index (χ1) is 14.3. The number of nitrogens with one attached hydrogen (secondary N) is 2. The van der Waals surface area contributed by atoms with Gasteiger partial charge in [0.15, 0.2) is 0 Å². The predicted molar refractivity (Wildman–Crippen MR) is 115 cm³/mol. The molecular weight excluding hydrogens is 406 g/mol. The molecule has 2 aromatic carbocycles. The molecule has 1 aliphatic rings. The highest BCUT2D eigenvalue weighted by Crippen LogP contribution is 2.26. The van der Waals surface area contributed by atoms with Crippen LogP contribution in [-0.4, -0.2) is 52.7 Å². The molecule has 8 nitrogen and oxygen atoms in total. The van der Waals surface area contributed by atoms with Crippen molar-refractivity contribution in [3.63, 3.8) is 0 Å². The minimum atomic E-state index is -3.58. The van der Waals surface area contributed by atoms with Gasteiger partial charge in [-0.05, 0) is 31.9 Å². The average Bonchev–Trinajstić information content (AvgIpc) is 2.74. The van der Waals surface area contributed by atoms with Gasteiger partial charge in [-0.2, -0.15) is 0 Å². The number of amides is 2. The van der Waals surface area contributed by atoms with Gasteiger partial charge in [-0.1, -0.05) is 17.7 Å². The van der Waals surface area contributed by atoms with Crippen LogP contribution in [0.25, 0.3) is 0 Å². The van der Waals surface area contributed by atoms with Crippen LogP contribution in [0.4, 0.5) is 10.5 Å². The zero-order valence-electron chi connectivity index (χ0n) is 17.3. The number of carbonyl (C=O) groups is 1. The second-order valence-corrected chi connectivity index (χ2v) is 8.94. The summed E-state index contributed by atoms with van der Waals surface area (Å²) in [4.78, 5) is 14.5. The van der Waals surface area contributed by atoms with Gasteiger partial charge >= 0.3 is 6.03 Å². The fraction of sp³-hybridized carbons (Fsp3) is 0.381. The summed E-state index contributed by atoms with van der Waals surface area (Å²) in [5.41, 5.74) is 1.57. The molecule has 9 heteroatoms. The van der Waals surface area contributed by atoms with E-state index in [1.165, 1.54) is 0 Å². The van der Waals surface area contributed by atoms with Crippen LogP contribution in [0, 0.1) is 6.92 Å². The van der Waals surface area contributed by atoms with E-state index >= 15 is 0 Å². The summed E-state index contributed by atoms with van der Waals surface area (Å²) in [7, 11) is -0.486. The van der Waals surface area contributed by atoms with Crippen molar-refractivity contribution in [3.05, 3.63) is 48.0 Å². The molecule has 2 N–H and O–H groups in total. The second kappa shape index (κ2) is 9.36. The molecule has 1 fully saturated rings. The van der Waals surface area contributed by atoms with Gasteiger partial charge in [-0.25, -0.2) is 17.9 Å². The van der Waals surface area contributed by atoms with Crippen molar-refractivity contribution in [3.8, 4) is 11.5 Å². The Hall–Kier alpha value is -2.78. The Bertz CT molecular complexity index is 962. The van der Waals surface area contributed by atoms with Crippen molar-refractivity contribution in [2.45, 2.75) is 30.7 Å². The number of piperidine rings is 1. The highest BCUT2D eigenvalue weighted by molar-refractivity contribution is 7.89. The Morgan fingerprint density at radius 2 is 1.57 bits per heavy atom. The number of aryl methyl sites for hydroxylation is 1. The summed E-state index contributed by atoms with van der Waals surface area (Å²) >= 11 is 0. The van der Waals surface area contributed by atoms with E-state index in [4.69, 9.17) is 9.47 Å². The fourth-order valence-electron chi connectivity index (χ4n) is 3.29. The molecule has 0 atom stereocenters. The predicted octanol–water partition coefficient (Wildman–Crippen LogP) is 2.99. The molecule has 0 radical (unpaired) electrons. The minimum absolute atomic E-state index is 0.211. The first kappa shape index (κ1) is 21.9. The van der Waals surface area contributed by atoms with Crippen molar-refractivity contribution in [1.29, 1.82) is 0 Å². The molecule has 1 saturated heterocycles. The maximum atomic E-state index is 12.6. The zero-order chi connectivity index (χ0) is 21.7. The molecule has 30 heavy (non-hydrogen) atoms. The van der Waals surface area contributed by atoms with E-state index in [9.17, 15) is 13.2 Å². The van der Waals surface area contributed by atoms with E-state index in [-0.39, 0.29) is 17.0 Å². The van der Waals surface area contributed by atoms with E-state index < -0.39 is 10.0 Å². The van der Waals surface area contributed by atoms with E-state index in [0.29, 0.717) is 43.1 Å². The number of anilines is 1. The van der Waals surface area contributed by atoms with Crippen molar-refractivity contribution >= 4 is 21.7 Å². The van der Waals surface area contributed by atoms with Crippen LogP contribution >= 0.6 is 0 Å². The Kier molecular flexibility index (Phi) is 6.84. The Morgan fingerprint density at radius 3 is 2.10 bits per heavy atom. The first-order valence-corrected chi connectivity index (χ1v) is 11.2. The zero-order valence-corrected chi connectivity index (χ0v) is 18.2. The summed E-state index contributed by atoms with van der Waals surface area (Å²) in [6.45, 7) is 2.81. The van der Waals surface area contributed by atoms with Crippen LogP contribution in [0.5, 0.6) is 11.5 Å². The molecule has 162 valence electrons. The summed E-state index contributed by atoms with van der Waals surface area (Å²) < 4.78 is 38.3. The van der Waals surface area contributed by atoms with E-state index in [1.54, 1.807) is 61.6 Å². The number of methoxy groups -OCH3 is 2. The molecule has 0 bridgehead atoms. The number of hydrogen-bond donors (Lipinski definition) is 2. The Morgan fingerprint density at radius 1 is 1.00 bits per heavy atom.